The fraction of sp³-hybridized carbons (Fsp3) is 0.889. The van der Waals surface area contributed by atoms with Gasteiger partial charge in [0.25, 0.3) is 0 Å². The summed E-state index contributed by atoms with van der Waals surface area (Å²) in [7, 11) is -3.86. The highest BCUT2D eigenvalue weighted by Gasteiger charge is 2.34. The van der Waals surface area contributed by atoms with E-state index < -0.39 is 10.8 Å². The van der Waals surface area contributed by atoms with Crippen molar-refractivity contribution in [3.8, 4) is 0 Å². The Kier molecular flexibility index (Phi) is 17.4. The summed E-state index contributed by atoms with van der Waals surface area (Å²) < 4.78 is 30.2. The van der Waals surface area contributed by atoms with Gasteiger partial charge >= 0.3 is 10.8 Å². The molecule has 1 unspecified atom stereocenters. The van der Waals surface area contributed by atoms with E-state index in [9.17, 15) is 8.76 Å². The second-order valence-corrected chi connectivity index (χ2v) is 7.57. The van der Waals surface area contributed by atoms with Crippen LogP contribution in [0.3, 0.4) is 0 Å². The molecule has 0 heterocycles. The van der Waals surface area contributed by atoms with Gasteiger partial charge in [0.1, 0.15) is 11.2 Å². The maximum atomic E-state index is 10.8. The minimum atomic E-state index is -3.86. The van der Waals surface area contributed by atoms with Crippen LogP contribution in [0, 0.1) is 0 Å². The molecule has 6 heteroatoms. The molecule has 143 valence electrons. The zero-order valence-electron chi connectivity index (χ0n) is 15.5. The van der Waals surface area contributed by atoms with Gasteiger partial charge in [0.15, 0.2) is 0 Å². The van der Waals surface area contributed by atoms with Crippen LogP contribution in [0.4, 0.5) is 0 Å². The van der Waals surface area contributed by atoms with E-state index in [0.29, 0.717) is 0 Å². The van der Waals surface area contributed by atoms with Crippen molar-refractivity contribution < 1.29 is 23.1 Å². The summed E-state index contributed by atoms with van der Waals surface area (Å²) in [5.74, 6) is 2.83. The molecular weight excluding hydrogens is 326 g/mol. The van der Waals surface area contributed by atoms with Crippen LogP contribution in [0.5, 0.6) is 0 Å². The number of hydrogen-bond donors (Lipinski definition) is 1. The van der Waals surface area contributed by atoms with Crippen LogP contribution in [-0.2, 0) is 28.0 Å². The van der Waals surface area contributed by atoms with Gasteiger partial charge in [-0.15, -0.1) is 4.18 Å². The normalized spacial score (nSPS) is 14.3. The smallest absolute Gasteiger partial charge is 0.155 e. The summed E-state index contributed by atoms with van der Waals surface area (Å²) in [6.45, 7) is 2.43. The third kappa shape index (κ3) is 18.1. The Bertz CT molecular complexity index is 337. The molecule has 0 saturated carbocycles. The summed E-state index contributed by atoms with van der Waals surface area (Å²) >= 11 is 0. The third-order valence-corrected chi connectivity index (χ3v) is 4.77. The van der Waals surface area contributed by atoms with Crippen LogP contribution < -0.4 is 5.90 Å². The first-order valence-corrected chi connectivity index (χ1v) is 10.9. The molecule has 0 aromatic rings. The van der Waals surface area contributed by atoms with Crippen LogP contribution >= 0.6 is 0 Å². The average molecular weight is 365 g/mol. The summed E-state index contributed by atoms with van der Waals surface area (Å²) in [5.41, 5.74) is 0. The number of allylic oxidation sites excluding steroid dienone is 2. The molecule has 0 aliphatic heterocycles. The predicted molar refractivity (Wildman–Crippen MR) is 98.1 cm³/mol. The Labute approximate surface area is 150 Å². The quantitative estimate of drug-likeness (QED) is 0.163. The van der Waals surface area contributed by atoms with Gasteiger partial charge in [-0.1, -0.05) is 76.9 Å². The van der Waals surface area contributed by atoms with E-state index in [0.717, 1.165) is 19.3 Å². The minimum Gasteiger partial charge on any atom is -0.155 e. The van der Waals surface area contributed by atoms with Gasteiger partial charge in [-0.3, -0.25) is 0 Å². The Morgan fingerprint density at radius 3 is 1.75 bits per heavy atom. The molecule has 0 aromatic heterocycles. The number of quaternary nitrogens is 1. The van der Waals surface area contributed by atoms with Gasteiger partial charge in [0, 0.05) is 4.21 Å². The molecule has 3 N–H and O–H groups in total. The van der Waals surface area contributed by atoms with Crippen molar-refractivity contribution in [3.63, 3.8) is 0 Å². The second kappa shape index (κ2) is 17.5. The van der Waals surface area contributed by atoms with Crippen LogP contribution in [0.15, 0.2) is 12.2 Å². The van der Waals surface area contributed by atoms with Crippen molar-refractivity contribution in [2.24, 2.45) is 0 Å². The second-order valence-electron chi connectivity index (χ2n) is 6.29. The number of hydrogen-bond acceptors (Lipinski definition) is 3. The standard InChI is InChI=1S/C18H38NO4S/c1-2-3-4-5-6-7-8-9-10-11-12-13-14-15-16-17-18-22-24(20,21)23-19/h9-10H,2-8,11-18H2,1,19H3/q+2/b10-9-. The van der Waals surface area contributed by atoms with Crippen molar-refractivity contribution >= 4 is 10.8 Å². The Morgan fingerprint density at radius 2 is 1.25 bits per heavy atom. The molecule has 0 spiro atoms. The van der Waals surface area contributed by atoms with Gasteiger partial charge < -0.3 is 0 Å². The van der Waals surface area contributed by atoms with Crippen LogP contribution in [0.25, 0.3) is 0 Å². The molecule has 0 rings (SSSR count). The van der Waals surface area contributed by atoms with E-state index in [1.54, 1.807) is 0 Å². The first-order chi connectivity index (χ1) is 11.6. The molecule has 0 saturated heterocycles. The van der Waals surface area contributed by atoms with Crippen LogP contribution in [-0.4, -0.2) is 6.61 Å². The SMILES string of the molecule is CCCCCCCC/C=C\CCCCCCCCO[S+]([O])(=O)O[NH3+]. The molecule has 0 aromatic carbocycles. The monoisotopic (exact) mass is 364 g/mol. The molecule has 0 amide bonds. The van der Waals surface area contributed by atoms with Gasteiger partial charge in [0.05, 0.1) is 4.28 Å². The molecular formula is C18H38NO4S+2. The van der Waals surface area contributed by atoms with Crippen molar-refractivity contribution in [1.82, 2.24) is 0 Å². The predicted octanol–water partition coefficient (Wildman–Crippen LogP) is 4.89. The first kappa shape index (κ1) is 23.7. The lowest BCUT2D eigenvalue weighted by molar-refractivity contribution is -0.640. The molecule has 0 aliphatic rings. The summed E-state index contributed by atoms with van der Waals surface area (Å²) in [6, 6.07) is 0. The maximum Gasteiger partial charge on any atom is 0.597 e. The van der Waals surface area contributed by atoms with Gasteiger partial charge in [-0.05, 0) is 32.1 Å². The summed E-state index contributed by atoms with van der Waals surface area (Å²) in [5, 5.41) is 0. The largest absolute Gasteiger partial charge is 0.597 e. The lowest BCUT2D eigenvalue weighted by Gasteiger charge is -2.00. The number of unbranched alkanes of at least 4 members (excludes halogenated alkanes) is 12. The molecule has 5 nitrogen and oxygen atoms in total. The third-order valence-electron chi connectivity index (χ3n) is 4.03. The highest BCUT2D eigenvalue weighted by Crippen LogP contribution is 2.10. The molecule has 24 heavy (non-hydrogen) atoms. The lowest BCUT2D eigenvalue weighted by Crippen LogP contribution is -2.53. The van der Waals surface area contributed by atoms with Crippen molar-refractivity contribution in [2.75, 3.05) is 6.61 Å². The van der Waals surface area contributed by atoms with Crippen molar-refractivity contribution in [1.29, 1.82) is 0 Å². The van der Waals surface area contributed by atoms with Crippen molar-refractivity contribution in [3.05, 3.63) is 12.2 Å². The first-order valence-electron chi connectivity index (χ1n) is 9.60. The highest BCUT2D eigenvalue weighted by atomic mass is 32.3. The minimum absolute atomic E-state index is 0.180. The molecule has 0 bridgehead atoms. The molecule has 1 atom stereocenters. The van der Waals surface area contributed by atoms with E-state index in [1.165, 1.54) is 70.6 Å². The number of rotatable bonds is 18. The molecule has 1 radical (unpaired) electrons. The van der Waals surface area contributed by atoms with E-state index in [-0.39, 0.29) is 6.61 Å². The molecule has 0 aliphatic carbocycles. The average Bonchev–Trinajstić information content (AvgIpc) is 2.57. The van der Waals surface area contributed by atoms with E-state index in [2.05, 4.69) is 33.4 Å². The lowest BCUT2D eigenvalue weighted by atomic mass is 10.1. The highest BCUT2D eigenvalue weighted by molar-refractivity contribution is 7.88. The topological polar surface area (TPSA) is 83.1 Å². The fourth-order valence-corrected chi connectivity index (χ4v) is 2.93. The van der Waals surface area contributed by atoms with Gasteiger partial charge in [-0.2, -0.15) is 5.90 Å². The summed E-state index contributed by atoms with van der Waals surface area (Å²) in [4.78, 5) is 0. The maximum absolute atomic E-state index is 10.8. The zero-order chi connectivity index (χ0) is 17.9. The van der Waals surface area contributed by atoms with Gasteiger partial charge in [0.2, 0.25) is 0 Å². The molecule has 0 fully saturated rings. The van der Waals surface area contributed by atoms with Crippen molar-refractivity contribution in [2.45, 2.75) is 96.8 Å². The van der Waals surface area contributed by atoms with E-state index in [1.807, 2.05) is 0 Å². The summed E-state index contributed by atoms with van der Waals surface area (Å²) in [6.07, 6.45) is 21.8. The van der Waals surface area contributed by atoms with Crippen LogP contribution in [0.2, 0.25) is 0 Å². The van der Waals surface area contributed by atoms with Gasteiger partial charge in [-0.25, -0.2) is 0 Å². The Balaban J connectivity index is 3.17. The Morgan fingerprint density at radius 1 is 0.792 bits per heavy atom. The van der Waals surface area contributed by atoms with E-state index >= 15 is 0 Å². The zero-order valence-corrected chi connectivity index (χ0v) is 16.3. The van der Waals surface area contributed by atoms with E-state index in [4.69, 9.17) is 0 Å². The Hall–Kier alpha value is -0.270. The van der Waals surface area contributed by atoms with Crippen LogP contribution in [0.1, 0.15) is 96.8 Å². The fourth-order valence-electron chi connectivity index (χ4n) is 2.54.